The molecule has 15 heavy (non-hydrogen) atoms. The molecular weight excluding hydrogens is 180 g/mol. The third kappa shape index (κ3) is 3.66. The van der Waals surface area contributed by atoms with E-state index in [0.29, 0.717) is 11.3 Å². The van der Waals surface area contributed by atoms with Gasteiger partial charge in [0.1, 0.15) is 0 Å². The molecule has 0 radical (unpaired) electrons. The zero-order chi connectivity index (χ0) is 12.1. The van der Waals surface area contributed by atoms with E-state index < -0.39 is 0 Å². The van der Waals surface area contributed by atoms with Crippen LogP contribution in [0.4, 0.5) is 0 Å². The van der Waals surface area contributed by atoms with E-state index in [1.54, 1.807) is 5.57 Å². The molecule has 90 valence electrons. The molecule has 0 fully saturated rings. The molecule has 0 N–H and O–H groups in total. The summed E-state index contributed by atoms with van der Waals surface area (Å²) in [6.07, 6.45) is 6.31. The lowest BCUT2D eigenvalue weighted by Crippen LogP contribution is -2.20. The number of rotatable bonds is 6. The van der Waals surface area contributed by atoms with Crippen LogP contribution < -0.4 is 0 Å². The van der Waals surface area contributed by atoms with Crippen LogP contribution in [-0.2, 0) is 0 Å². The Labute approximate surface area is 97.2 Å². The largest absolute Gasteiger partial charge is 0.0820 e. The van der Waals surface area contributed by atoms with Gasteiger partial charge in [0.2, 0.25) is 0 Å². The minimum atomic E-state index is 0.461. The number of allylic oxidation sites excluding steroid dienone is 2. The highest BCUT2D eigenvalue weighted by Gasteiger charge is 2.26. The highest BCUT2D eigenvalue weighted by Crippen LogP contribution is 2.39. The monoisotopic (exact) mass is 210 g/mol. The highest BCUT2D eigenvalue weighted by atomic mass is 14.3. The second-order valence-corrected chi connectivity index (χ2v) is 5.29. The van der Waals surface area contributed by atoms with Crippen LogP contribution >= 0.6 is 0 Å². The average molecular weight is 210 g/mol. The zero-order valence-corrected chi connectivity index (χ0v) is 11.9. The lowest BCUT2D eigenvalue weighted by Gasteiger charge is -2.33. The third-order valence-corrected chi connectivity index (χ3v) is 4.43. The summed E-state index contributed by atoms with van der Waals surface area (Å²) in [4.78, 5) is 0. The molecule has 0 aliphatic heterocycles. The summed E-state index contributed by atoms with van der Waals surface area (Å²) >= 11 is 0. The fourth-order valence-corrected chi connectivity index (χ4v) is 2.35. The second kappa shape index (κ2) is 6.35. The molecule has 0 aromatic rings. The first-order valence-corrected chi connectivity index (χ1v) is 6.62. The summed E-state index contributed by atoms with van der Waals surface area (Å²) in [5.74, 6) is 1.46. The summed E-state index contributed by atoms with van der Waals surface area (Å²) in [5.41, 5.74) is 2.07. The van der Waals surface area contributed by atoms with Crippen molar-refractivity contribution >= 4 is 0 Å². The van der Waals surface area contributed by atoms with Gasteiger partial charge in [-0.2, -0.15) is 0 Å². The molecule has 0 heteroatoms. The van der Waals surface area contributed by atoms with Crippen molar-refractivity contribution < 1.29 is 0 Å². The van der Waals surface area contributed by atoms with Gasteiger partial charge in [0.25, 0.3) is 0 Å². The molecule has 1 unspecified atom stereocenters. The maximum atomic E-state index is 2.50. The third-order valence-electron chi connectivity index (χ3n) is 4.43. The van der Waals surface area contributed by atoms with E-state index in [0.717, 1.165) is 5.92 Å². The summed E-state index contributed by atoms with van der Waals surface area (Å²) in [6.45, 7) is 16.2. The number of hydrogen-bond donors (Lipinski definition) is 0. The average Bonchev–Trinajstić information content (AvgIpc) is 2.21. The highest BCUT2D eigenvalue weighted by molar-refractivity contribution is 5.12. The molecule has 0 aliphatic rings. The van der Waals surface area contributed by atoms with Crippen molar-refractivity contribution in [1.82, 2.24) is 0 Å². The Morgan fingerprint density at radius 1 is 1.00 bits per heavy atom. The van der Waals surface area contributed by atoms with Crippen molar-refractivity contribution in [3.05, 3.63) is 11.6 Å². The summed E-state index contributed by atoms with van der Waals surface area (Å²) < 4.78 is 0. The summed E-state index contributed by atoms with van der Waals surface area (Å²) in [6, 6.07) is 0. The first-order chi connectivity index (χ1) is 6.93. The van der Waals surface area contributed by atoms with Gasteiger partial charge in [-0.3, -0.25) is 0 Å². The smallest absolute Gasteiger partial charge is 0.00986 e. The molecule has 0 aliphatic carbocycles. The van der Waals surface area contributed by atoms with Crippen LogP contribution in [0, 0.1) is 17.3 Å². The van der Waals surface area contributed by atoms with E-state index in [9.17, 15) is 0 Å². The van der Waals surface area contributed by atoms with Gasteiger partial charge in [0.15, 0.2) is 0 Å². The molecule has 0 rings (SSSR count). The van der Waals surface area contributed by atoms with Crippen LogP contribution in [0.15, 0.2) is 11.6 Å². The Morgan fingerprint density at radius 3 is 1.67 bits per heavy atom. The molecular formula is C15H30. The lowest BCUT2D eigenvalue weighted by molar-refractivity contribution is 0.310. The second-order valence-electron chi connectivity index (χ2n) is 5.29. The number of hydrogen-bond acceptors (Lipinski definition) is 0. The predicted octanol–water partition coefficient (Wildman–Crippen LogP) is 5.44. The van der Waals surface area contributed by atoms with Gasteiger partial charge in [-0.1, -0.05) is 53.2 Å². The van der Waals surface area contributed by atoms with Crippen molar-refractivity contribution in [2.24, 2.45) is 17.3 Å². The first kappa shape index (κ1) is 14.7. The van der Waals surface area contributed by atoms with Crippen LogP contribution in [-0.4, -0.2) is 0 Å². The Hall–Kier alpha value is -0.260. The molecule has 0 heterocycles. The maximum Gasteiger partial charge on any atom is -0.00986 e. The Bertz CT molecular complexity index is 186. The minimum Gasteiger partial charge on any atom is -0.0820 e. The fourth-order valence-electron chi connectivity index (χ4n) is 2.35. The van der Waals surface area contributed by atoms with Crippen molar-refractivity contribution in [3.8, 4) is 0 Å². The SMILES string of the molecule is CCC(CC)(CC)C(C)=CC(C)C(C)C. The van der Waals surface area contributed by atoms with Crippen LogP contribution in [0.3, 0.4) is 0 Å². The van der Waals surface area contributed by atoms with Crippen LogP contribution in [0.1, 0.15) is 67.7 Å². The molecule has 0 aromatic carbocycles. The fraction of sp³-hybridized carbons (Fsp3) is 0.867. The van der Waals surface area contributed by atoms with Gasteiger partial charge in [0, 0.05) is 0 Å². The Morgan fingerprint density at radius 2 is 1.40 bits per heavy atom. The van der Waals surface area contributed by atoms with Crippen LogP contribution in [0.2, 0.25) is 0 Å². The van der Waals surface area contributed by atoms with Gasteiger partial charge < -0.3 is 0 Å². The standard InChI is InChI=1S/C15H30/c1-8-15(9-2,10-3)14(7)11-13(6)12(4)5/h11-13H,8-10H2,1-7H3. The summed E-state index contributed by atoms with van der Waals surface area (Å²) in [7, 11) is 0. The molecule has 0 saturated carbocycles. The van der Waals surface area contributed by atoms with E-state index in [-0.39, 0.29) is 0 Å². The van der Waals surface area contributed by atoms with Gasteiger partial charge in [-0.25, -0.2) is 0 Å². The van der Waals surface area contributed by atoms with E-state index >= 15 is 0 Å². The zero-order valence-electron chi connectivity index (χ0n) is 11.9. The van der Waals surface area contributed by atoms with Crippen molar-refractivity contribution in [3.63, 3.8) is 0 Å². The molecule has 0 saturated heterocycles. The summed E-state index contributed by atoms with van der Waals surface area (Å²) in [5, 5.41) is 0. The molecule has 0 bridgehead atoms. The topological polar surface area (TPSA) is 0 Å². The molecule has 0 nitrogen and oxygen atoms in total. The predicted molar refractivity (Wildman–Crippen MR) is 71.1 cm³/mol. The molecule has 0 amide bonds. The quantitative estimate of drug-likeness (QED) is 0.512. The maximum absolute atomic E-state index is 2.50. The molecule has 1 atom stereocenters. The van der Waals surface area contributed by atoms with E-state index in [1.807, 2.05) is 0 Å². The van der Waals surface area contributed by atoms with E-state index in [4.69, 9.17) is 0 Å². The Kier molecular flexibility index (Phi) is 6.24. The van der Waals surface area contributed by atoms with Gasteiger partial charge in [-0.05, 0) is 43.4 Å². The molecule has 0 aromatic heterocycles. The van der Waals surface area contributed by atoms with E-state index in [1.165, 1.54) is 19.3 Å². The van der Waals surface area contributed by atoms with Crippen molar-refractivity contribution in [2.45, 2.75) is 67.7 Å². The first-order valence-electron chi connectivity index (χ1n) is 6.62. The normalized spacial score (nSPS) is 15.9. The van der Waals surface area contributed by atoms with Crippen molar-refractivity contribution in [1.29, 1.82) is 0 Å². The van der Waals surface area contributed by atoms with Gasteiger partial charge >= 0.3 is 0 Å². The van der Waals surface area contributed by atoms with Gasteiger partial charge in [-0.15, -0.1) is 0 Å². The van der Waals surface area contributed by atoms with Crippen LogP contribution in [0.5, 0.6) is 0 Å². The van der Waals surface area contributed by atoms with Crippen LogP contribution in [0.25, 0.3) is 0 Å². The molecule has 0 spiro atoms. The minimum absolute atomic E-state index is 0.461. The van der Waals surface area contributed by atoms with E-state index in [2.05, 4.69) is 54.5 Å². The van der Waals surface area contributed by atoms with Gasteiger partial charge in [0.05, 0.1) is 0 Å². The van der Waals surface area contributed by atoms with Crippen molar-refractivity contribution in [2.75, 3.05) is 0 Å². The lowest BCUT2D eigenvalue weighted by atomic mass is 9.72. The Balaban J connectivity index is 4.84.